The molecule has 132 valence electrons. The van der Waals surface area contributed by atoms with Gasteiger partial charge in [0.15, 0.2) is 5.96 Å². The van der Waals surface area contributed by atoms with Crippen LogP contribution in [0.4, 0.5) is 0 Å². The fraction of sp³-hybridized carbons (Fsp3) is 0.765. The minimum absolute atomic E-state index is 0. The summed E-state index contributed by atoms with van der Waals surface area (Å²) in [5.41, 5.74) is 2.94. The van der Waals surface area contributed by atoms with Crippen molar-refractivity contribution in [2.45, 2.75) is 59.9 Å². The Morgan fingerprint density at radius 1 is 1.39 bits per heavy atom. The van der Waals surface area contributed by atoms with E-state index in [-0.39, 0.29) is 29.5 Å². The van der Waals surface area contributed by atoms with Crippen LogP contribution < -0.4 is 5.32 Å². The largest absolute Gasteiger partial charge is 0.356 e. The van der Waals surface area contributed by atoms with Crippen molar-refractivity contribution in [1.29, 1.82) is 0 Å². The molecule has 0 amide bonds. The van der Waals surface area contributed by atoms with Crippen molar-refractivity contribution in [2.24, 2.45) is 10.4 Å². The Hall–Kier alpha value is -0.790. The van der Waals surface area contributed by atoms with Gasteiger partial charge in [0, 0.05) is 36.3 Å². The van der Waals surface area contributed by atoms with Crippen LogP contribution in [0.3, 0.4) is 0 Å². The molecule has 0 radical (unpaired) electrons. The zero-order valence-corrected chi connectivity index (χ0v) is 17.7. The van der Waals surface area contributed by atoms with Crippen LogP contribution in [0.15, 0.2) is 11.2 Å². The molecular weight excluding hydrogens is 401 g/mol. The highest BCUT2D eigenvalue weighted by molar-refractivity contribution is 14.0. The Morgan fingerprint density at radius 3 is 2.57 bits per heavy atom. The normalized spacial score (nSPS) is 19.0. The van der Waals surface area contributed by atoms with E-state index in [1.54, 1.807) is 0 Å². The quantitative estimate of drug-likeness (QED) is 0.324. The molecule has 2 N–H and O–H groups in total. The standard InChI is InChI=1S/C17H31N5.HI/c1-7-18-15(22-12-16(3,4)17(22,5)6)19-10-8-9-14-11-20-21-13(14)2;/h11H,7-10,12H2,1-6H3,(H,18,19)(H,20,21);1H. The Morgan fingerprint density at radius 2 is 2.09 bits per heavy atom. The number of aromatic nitrogens is 2. The number of hydrogen-bond acceptors (Lipinski definition) is 2. The third kappa shape index (κ3) is 4.19. The summed E-state index contributed by atoms with van der Waals surface area (Å²) in [4.78, 5) is 7.23. The van der Waals surface area contributed by atoms with Gasteiger partial charge in [-0.2, -0.15) is 5.10 Å². The predicted molar refractivity (Wildman–Crippen MR) is 108 cm³/mol. The number of guanidine groups is 1. The van der Waals surface area contributed by atoms with Crippen molar-refractivity contribution in [3.63, 3.8) is 0 Å². The summed E-state index contributed by atoms with van der Waals surface area (Å²) < 4.78 is 0. The molecule has 1 saturated heterocycles. The van der Waals surface area contributed by atoms with E-state index in [0.717, 1.165) is 38.4 Å². The van der Waals surface area contributed by atoms with Crippen LogP contribution in [-0.2, 0) is 6.42 Å². The number of aliphatic imine (C=N–C) groups is 1. The van der Waals surface area contributed by atoms with Gasteiger partial charge in [0.05, 0.1) is 6.20 Å². The number of aromatic amines is 1. The maximum absolute atomic E-state index is 4.83. The Labute approximate surface area is 157 Å². The Balaban J connectivity index is 0.00000264. The maximum atomic E-state index is 4.83. The van der Waals surface area contributed by atoms with Gasteiger partial charge in [-0.15, -0.1) is 24.0 Å². The summed E-state index contributed by atoms with van der Waals surface area (Å²) in [5, 5.41) is 10.5. The van der Waals surface area contributed by atoms with Crippen LogP contribution in [0, 0.1) is 12.3 Å². The summed E-state index contributed by atoms with van der Waals surface area (Å²) in [5.74, 6) is 1.05. The smallest absolute Gasteiger partial charge is 0.194 e. The maximum Gasteiger partial charge on any atom is 0.194 e. The monoisotopic (exact) mass is 433 g/mol. The molecule has 2 rings (SSSR count). The summed E-state index contributed by atoms with van der Waals surface area (Å²) in [6.45, 7) is 16.3. The highest BCUT2D eigenvalue weighted by Gasteiger charge is 2.53. The van der Waals surface area contributed by atoms with Gasteiger partial charge in [-0.3, -0.25) is 10.1 Å². The molecule has 0 saturated carbocycles. The van der Waals surface area contributed by atoms with Crippen molar-refractivity contribution < 1.29 is 0 Å². The van der Waals surface area contributed by atoms with Crippen molar-refractivity contribution in [1.82, 2.24) is 20.4 Å². The van der Waals surface area contributed by atoms with Crippen LogP contribution in [-0.4, -0.2) is 46.2 Å². The molecule has 6 heteroatoms. The molecule has 23 heavy (non-hydrogen) atoms. The first-order chi connectivity index (χ1) is 10.3. The summed E-state index contributed by atoms with van der Waals surface area (Å²) >= 11 is 0. The van der Waals surface area contributed by atoms with Crippen LogP contribution in [0.5, 0.6) is 0 Å². The molecular formula is C17H32IN5. The number of rotatable bonds is 5. The van der Waals surface area contributed by atoms with Gasteiger partial charge >= 0.3 is 0 Å². The van der Waals surface area contributed by atoms with E-state index >= 15 is 0 Å². The molecule has 2 heterocycles. The Bertz CT molecular complexity index is 533. The molecule has 1 aliphatic heterocycles. The first-order valence-electron chi connectivity index (χ1n) is 8.34. The van der Waals surface area contributed by atoms with Gasteiger partial charge in [-0.25, -0.2) is 0 Å². The SMILES string of the molecule is CCNC(=NCCCc1cn[nH]c1C)N1CC(C)(C)C1(C)C.I. The molecule has 0 aromatic carbocycles. The fourth-order valence-electron chi connectivity index (χ4n) is 2.88. The van der Waals surface area contributed by atoms with Gasteiger partial charge in [0.2, 0.25) is 0 Å². The highest BCUT2D eigenvalue weighted by Crippen LogP contribution is 2.46. The third-order valence-electron chi connectivity index (χ3n) is 5.28. The number of nitrogens with one attached hydrogen (secondary N) is 2. The number of H-pyrrole nitrogens is 1. The first kappa shape index (κ1) is 20.3. The van der Waals surface area contributed by atoms with E-state index in [9.17, 15) is 0 Å². The van der Waals surface area contributed by atoms with E-state index in [1.165, 1.54) is 11.3 Å². The minimum Gasteiger partial charge on any atom is -0.356 e. The highest BCUT2D eigenvalue weighted by atomic mass is 127. The van der Waals surface area contributed by atoms with E-state index in [0.29, 0.717) is 5.41 Å². The zero-order chi connectivity index (χ0) is 16.4. The lowest BCUT2D eigenvalue weighted by molar-refractivity contribution is -0.0667. The molecule has 1 aromatic rings. The van der Waals surface area contributed by atoms with Gasteiger partial charge in [0.25, 0.3) is 0 Å². The second-order valence-electron chi connectivity index (χ2n) is 7.39. The van der Waals surface area contributed by atoms with Crippen molar-refractivity contribution >= 4 is 29.9 Å². The fourth-order valence-corrected chi connectivity index (χ4v) is 2.88. The van der Waals surface area contributed by atoms with Crippen LogP contribution in [0.25, 0.3) is 0 Å². The number of aryl methyl sites for hydroxylation is 2. The van der Waals surface area contributed by atoms with Crippen LogP contribution >= 0.6 is 24.0 Å². The summed E-state index contributed by atoms with van der Waals surface area (Å²) in [6.07, 6.45) is 4.00. The summed E-state index contributed by atoms with van der Waals surface area (Å²) in [7, 11) is 0. The molecule has 0 atom stereocenters. The van der Waals surface area contributed by atoms with E-state index in [4.69, 9.17) is 4.99 Å². The van der Waals surface area contributed by atoms with Crippen LogP contribution in [0.2, 0.25) is 0 Å². The van der Waals surface area contributed by atoms with Gasteiger partial charge < -0.3 is 10.2 Å². The third-order valence-corrected chi connectivity index (χ3v) is 5.28. The lowest BCUT2D eigenvalue weighted by Crippen LogP contribution is -2.72. The molecule has 0 unspecified atom stereocenters. The van der Waals surface area contributed by atoms with E-state index in [1.807, 2.05) is 6.20 Å². The minimum atomic E-state index is 0. The molecule has 0 spiro atoms. The molecule has 0 bridgehead atoms. The second-order valence-corrected chi connectivity index (χ2v) is 7.39. The molecule has 0 aliphatic carbocycles. The van der Waals surface area contributed by atoms with Gasteiger partial charge in [-0.1, -0.05) is 13.8 Å². The predicted octanol–water partition coefficient (Wildman–Crippen LogP) is 3.35. The second kappa shape index (κ2) is 7.85. The zero-order valence-electron chi connectivity index (χ0n) is 15.4. The molecule has 5 nitrogen and oxygen atoms in total. The van der Waals surface area contributed by atoms with Crippen molar-refractivity contribution in [2.75, 3.05) is 19.6 Å². The Kier molecular flexibility index (Phi) is 6.92. The number of nitrogens with zero attached hydrogens (tertiary/aromatic N) is 3. The number of hydrogen-bond donors (Lipinski definition) is 2. The van der Waals surface area contributed by atoms with Gasteiger partial charge in [-0.05, 0) is 46.1 Å². The van der Waals surface area contributed by atoms with Gasteiger partial charge in [0.1, 0.15) is 0 Å². The average Bonchev–Trinajstić information content (AvgIpc) is 2.85. The number of likely N-dealkylation sites (tertiary alicyclic amines) is 1. The topological polar surface area (TPSA) is 56.3 Å². The molecule has 1 fully saturated rings. The molecule has 1 aromatic heterocycles. The first-order valence-corrected chi connectivity index (χ1v) is 8.34. The summed E-state index contributed by atoms with van der Waals surface area (Å²) in [6, 6.07) is 0. The van der Waals surface area contributed by atoms with E-state index in [2.05, 4.69) is 62.0 Å². The lowest BCUT2D eigenvalue weighted by Gasteiger charge is -2.62. The van der Waals surface area contributed by atoms with Crippen LogP contribution in [0.1, 0.15) is 52.3 Å². The van der Waals surface area contributed by atoms with E-state index < -0.39 is 0 Å². The van der Waals surface area contributed by atoms with Crippen molar-refractivity contribution in [3.05, 3.63) is 17.5 Å². The van der Waals surface area contributed by atoms with Crippen molar-refractivity contribution in [3.8, 4) is 0 Å². The molecule has 1 aliphatic rings. The number of halogens is 1. The average molecular weight is 433 g/mol. The lowest BCUT2D eigenvalue weighted by atomic mass is 9.65.